The summed E-state index contributed by atoms with van der Waals surface area (Å²) in [4.78, 5) is 11.8. The number of hydrogen-bond donors (Lipinski definition) is 2. The van der Waals surface area contributed by atoms with Gasteiger partial charge >= 0.3 is 0 Å². The topological polar surface area (TPSA) is 107 Å². The van der Waals surface area contributed by atoms with Gasteiger partial charge in [0, 0.05) is 6.54 Å². The van der Waals surface area contributed by atoms with E-state index in [-0.39, 0.29) is 17.9 Å². The van der Waals surface area contributed by atoms with E-state index in [9.17, 15) is 13.2 Å². The van der Waals surface area contributed by atoms with Gasteiger partial charge in [-0.1, -0.05) is 5.92 Å². The predicted octanol–water partition coefficient (Wildman–Crippen LogP) is -0.271. The summed E-state index contributed by atoms with van der Waals surface area (Å²) >= 11 is 3.15. The van der Waals surface area contributed by atoms with Gasteiger partial charge in [-0.15, -0.1) is 6.42 Å². The zero-order valence-electron chi connectivity index (χ0n) is 9.97. The molecule has 0 bridgehead atoms. The van der Waals surface area contributed by atoms with Gasteiger partial charge in [-0.05, 0) is 22.4 Å². The van der Waals surface area contributed by atoms with Gasteiger partial charge in [-0.2, -0.15) is 5.10 Å². The quantitative estimate of drug-likeness (QED) is 0.543. The van der Waals surface area contributed by atoms with Crippen molar-refractivity contribution >= 4 is 31.6 Å². The number of sulfonamides is 1. The molecule has 1 heterocycles. The lowest BCUT2D eigenvalue weighted by molar-refractivity contribution is 0.595. The third kappa shape index (κ3) is 5.02. The minimum atomic E-state index is -3.47. The first-order valence-corrected chi connectivity index (χ1v) is 7.79. The number of rotatable bonds is 6. The van der Waals surface area contributed by atoms with Crippen LogP contribution in [-0.2, 0) is 16.6 Å². The molecule has 0 radical (unpaired) electrons. The Morgan fingerprint density at radius 1 is 1.58 bits per heavy atom. The van der Waals surface area contributed by atoms with Crippen molar-refractivity contribution in [1.82, 2.24) is 9.78 Å². The number of primary sulfonamides is 1. The molecule has 19 heavy (non-hydrogen) atoms. The summed E-state index contributed by atoms with van der Waals surface area (Å²) < 4.78 is 22.9. The van der Waals surface area contributed by atoms with Crippen LogP contribution in [0.25, 0.3) is 0 Å². The van der Waals surface area contributed by atoms with Gasteiger partial charge in [0.15, 0.2) is 0 Å². The fraction of sp³-hybridized carbons (Fsp3) is 0.400. The van der Waals surface area contributed by atoms with Gasteiger partial charge < -0.3 is 5.32 Å². The zero-order chi connectivity index (χ0) is 14.5. The number of aromatic nitrogens is 2. The maximum absolute atomic E-state index is 11.8. The number of halogens is 1. The maximum Gasteiger partial charge on any atom is 0.284 e. The van der Waals surface area contributed by atoms with E-state index in [2.05, 4.69) is 32.3 Å². The molecule has 0 atom stereocenters. The summed E-state index contributed by atoms with van der Waals surface area (Å²) in [5.74, 6) is 2.19. The second kappa shape index (κ2) is 6.70. The molecule has 0 unspecified atom stereocenters. The van der Waals surface area contributed by atoms with Crippen LogP contribution in [0.1, 0.15) is 6.42 Å². The minimum Gasteiger partial charge on any atom is -0.383 e. The summed E-state index contributed by atoms with van der Waals surface area (Å²) in [6.45, 7) is 0.443. The summed E-state index contributed by atoms with van der Waals surface area (Å²) in [5.41, 5.74) is 0.127. The number of terminal acetylenes is 1. The van der Waals surface area contributed by atoms with E-state index >= 15 is 0 Å². The van der Waals surface area contributed by atoms with Gasteiger partial charge in [0.1, 0.15) is 11.0 Å². The summed E-state index contributed by atoms with van der Waals surface area (Å²) in [5, 5.41) is 11.7. The molecule has 0 aliphatic carbocycles. The van der Waals surface area contributed by atoms with E-state index in [1.807, 2.05) is 0 Å². The predicted molar refractivity (Wildman–Crippen MR) is 76.1 cm³/mol. The van der Waals surface area contributed by atoms with Crippen LogP contribution >= 0.6 is 15.9 Å². The second-order valence-electron chi connectivity index (χ2n) is 3.69. The third-order valence-electron chi connectivity index (χ3n) is 2.15. The van der Waals surface area contributed by atoms with Crippen LogP contribution in [0.4, 0.5) is 5.69 Å². The first-order valence-electron chi connectivity index (χ1n) is 5.28. The highest BCUT2D eigenvalue weighted by Crippen LogP contribution is 2.15. The SMILES string of the molecule is C#CCn1ncc(NCCCS(N)(=O)=O)c(Br)c1=O. The summed E-state index contributed by atoms with van der Waals surface area (Å²) in [7, 11) is -3.47. The molecule has 9 heteroatoms. The van der Waals surface area contributed by atoms with Gasteiger partial charge in [0.05, 0.1) is 17.6 Å². The van der Waals surface area contributed by atoms with Crippen LogP contribution in [0, 0.1) is 12.3 Å². The second-order valence-corrected chi connectivity index (χ2v) is 6.21. The summed E-state index contributed by atoms with van der Waals surface area (Å²) in [6.07, 6.45) is 6.88. The fourth-order valence-electron chi connectivity index (χ4n) is 1.28. The van der Waals surface area contributed by atoms with Crippen LogP contribution in [-0.4, -0.2) is 30.5 Å². The molecule has 0 saturated heterocycles. The van der Waals surface area contributed by atoms with Gasteiger partial charge in [-0.25, -0.2) is 18.2 Å². The van der Waals surface area contributed by atoms with Crippen molar-refractivity contribution in [2.45, 2.75) is 13.0 Å². The molecule has 1 aromatic rings. The van der Waals surface area contributed by atoms with Crippen molar-refractivity contribution in [2.75, 3.05) is 17.6 Å². The van der Waals surface area contributed by atoms with Crippen molar-refractivity contribution in [3.8, 4) is 12.3 Å². The number of nitrogens with zero attached hydrogens (tertiary/aromatic N) is 2. The Labute approximate surface area is 119 Å². The standard InChI is InChI=1S/C10H13BrN4O3S/c1-2-5-15-10(16)9(11)8(7-14-15)13-4-3-6-19(12,17)18/h1,7,13H,3-6H2,(H2,12,17,18). The van der Waals surface area contributed by atoms with E-state index in [0.29, 0.717) is 23.1 Å². The van der Waals surface area contributed by atoms with Gasteiger partial charge in [0.2, 0.25) is 10.0 Å². The Bertz CT molecular complexity index is 648. The van der Waals surface area contributed by atoms with Crippen LogP contribution in [0.3, 0.4) is 0 Å². The van der Waals surface area contributed by atoms with E-state index in [4.69, 9.17) is 11.6 Å². The molecule has 0 amide bonds. The van der Waals surface area contributed by atoms with E-state index in [1.54, 1.807) is 0 Å². The number of hydrogen-bond acceptors (Lipinski definition) is 5. The van der Waals surface area contributed by atoms with Gasteiger partial charge in [-0.3, -0.25) is 4.79 Å². The number of anilines is 1. The first-order chi connectivity index (χ1) is 8.85. The highest BCUT2D eigenvalue weighted by atomic mass is 79.9. The average Bonchev–Trinajstić information content (AvgIpc) is 2.32. The Balaban J connectivity index is 2.68. The van der Waals surface area contributed by atoms with Crippen LogP contribution in [0.15, 0.2) is 15.5 Å². The van der Waals surface area contributed by atoms with E-state index in [0.717, 1.165) is 4.68 Å². The third-order valence-corrected chi connectivity index (χ3v) is 3.77. The van der Waals surface area contributed by atoms with Crippen molar-refractivity contribution in [3.05, 3.63) is 21.0 Å². The lowest BCUT2D eigenvalue weighted by Gasteiger charge is -2.08. The molecule has 7 nitrogen and oxygen atoms in total. The van der Waals surface area contributed by atoms with Crippen LogP contribution < -0.4 is 16.0 Å². The lowest BCUT2D eigenvalue weighted by atomic mass is 10.4. The van der Waals surface area contributed by atoms with Crippen molar-refractivity contribution in [3.63, 3.8) is 0 Å². The van der Waals surface area contributed by atoms with Crippen molar-refractivity contribution in [1.29, 1.82) is 0 Å². The zero-order valence-corrected chi connectivity index (χ0v) is 12.4. The molecular formula is C10H13BrN4O3S. The van der Waals surface area contributed by atoms with E-state index in [1.165, 1.54) is 6.20 Å². The molecule has 3 N–H and O–H groups in total. The highest BCUT2D eigenvalue weighted by molar-refractivity contribution is 9.10. The van der Waals surface area contributed by atoms with Gasteiger partial charge in [0.25, 0.3) is 5.56 Å². The average molecular weight is 349 g/mol. The Morgan fingerprint density at radius 2 is 2.26 bits per heavy atom. The molecule has 104 valence electrons. The van der Waals surface area contributed by atoms with Crippen molar-refractivity contribution in [2.24, 2.45) is 5.14 Å². The Morgan fingerprint density at radius 3 is 2.84 bits per heavy atom. The summed E-state index contributed by atoms with van der Waals surface area (Å²) in [6, 6.07) is 0. The number of nitrogens with one attached hydrogen (secondary N) is 1. The molecule has 0 aliphatic heterocycles. The molecule has 0 aromatic carbocycles. The molecule has 1 rings (SSSR count). The normalized spacial score (nSPS) is 11.0. The highest BCUT2D eigenvalue weighted by Gasteiger charge is 2.08. The lowest BCUT2D eigenvalue weighted by Crippen LogP contribution is -2.24. The molecule has 0 saturated carbocycles. The molecular weight excluding hydrogens is 336 g/mol. The Hall–Kier alpha value is -1.37. The monoisotopic (exact) mass is 348 g/mol. The maximum atomic E-state index is 11.8. The first kappa shape index (κ1) is 15.7. The van der Waals surface area contributed by atoms with E-state index < -0.39 is 10.0 Å². The molecule has 0 spiro atoms. The van der Waals surface area contributed by atoms with Crippen LogP contribution in [0.2, 0.25) is 0 Å². The number of nitrogens with two attached hydrogens (primary N) is 1. The minimum absolute atomic E-state index is 0.0864. The van der Waals surface area contributed by atoms with Crippen molar-refractivity contribution < 1.29 is 8.42 Å². The molecule has 1 aromatic heterocycles. The molecule has 0 aliphatic rings. The smallest absolute Gasteiger partial charge is 0.284 e. The fourth-order valence-corrected chi connectivity index (χ4v) is 2.28. The Kier molecular flexibility index (Phi) is 5.53. The van der Waals surface area contributed by atoms with Crippen LogP contribution in [0.5, 0.6) is 0 Å². The molecule has 0 fully saturated rings. The largest absolute Gasteiger partial charge is 0.383 e.